The second-order valence-electron chi connectivity index (χ2n) is 6.18. The Labute approximate surface area is 154 Å². The molecule has 134 valence electrons. The number of ether oxygens (including phenoxy) is 1. The molecule has 1 atom stereocenters. The van der Waals surface area contributed by atoms with Crippen molar-refractivity contribution >= 4 is 22.6 Å². The molecule has 8 heteroatoms. The highest BCUT2D eigenvalue weighted by Crippen LogP contribution is 2.22. The predicted molar refractivity (Wildman–Crippen MR) is 95.0 cm³/mol. The van der Waals surface area contributed by atoms with Gasteiger partial charge >= 0.3 is 0 Å². The Morgan fingerprint density at radius 3 is 2.93 bits per heavy atom. The maximum atomic E-state index is 12.7. The first-order chi connectivity index (χ1) is 13.2. The highest BCUT2D eigenvalue weighted by Gasteiger charge is 2.33. The number of carbonyl (C=O) groups excluding carboxylic acids is 2. The van der Waals surface area contributed by atoms with Gasteiger partial charge in [-0.05, 0) is 6.07 Å². The van der Waals surface area contributed by atoms with Crippen LogP contribution in [-0.4, -0.2) is 50.7 Å². The molecule has 0 aliphatic carbocycles. The molecule has 8 nitrogen and oxygen atoms in total. The van der Waals surface area contributed by atoms with Gasteiger partial charge in [0, 0.05) is 42.5 Å². The Morgan fingerprint density at radius 1 is 1.26 bits per heavy atom. The van der Waals surface area contributed by atoms with Crippen molar-refractivity contribution in [2.24, 2.45) is 0 Å². The van der Waals surface area contributed by atoms with Gasteiger partial charge in [-0.1, -0.05) is 18.2 Å². The number of carbonyl (C=O) groups is 2. The van der Waals surface area contributed by atoms with E-state index in [1.54, 1.807) is 12.3 Å². The predicted octanol–water partition coefficient (Wildman–Crippen LogP) is 1.69. The first kappa shape index (κ1) is 16.7. The zero-order valence-corrected chi connectivity index (χ0v) is 14.3. The van der Waals surface area contributed by atoms with Crippen molar-refractivity contribution in [3.63, 3.8) is 0 Å². The van der Waals surface area contributed by atoms with E-state index in [0.29, 0.717) is 18.5 Å². The molecule has 2 aromatic heterocycles. The standard InChI is InChI=1S/C19H15N5O3/c20-9-16-18(22-7-6-21-16)27-12-5-8-24(11-12)19(26)17(25)14-10-23-15-4-2-1-3-13(14)15/h1-4,6-7,10,12,23H,5,8,11H2. The second kappa shape index (κ2) is 6.88. The lowest BCUT2D eigenvalue weighted by Gasteiger charge is -2.16. The lowest BCUT2D eigenvalue weighted by atomic mass is 10.1. The van der Waals surface area contributed by atoms with Crippen LogP contribution in [0.1, 0.15) is 22.5 Å². The van der Waals surface area contributed by atoms with Crippen LogP contribution in [0.4, 0.5) is 0 Å². The Kier molecular flexibility index (Phi) is 4.26. The largest absolute Gasteiger partial charge is 0.470 e. The fraction of sp³-hybridized carbons (Fsp3) is 0.211. The third kappa shape index (κ3) is 3.11. The number of nitriles is 1. The number of nitrogens with one attached hydrogen (secondary N) is 1. The van der Waals surface area contributed by atoms with Crippen molar-refractivity contribution in [2.45, 2.75) is 12.5 Å². The van der Waals surface area contributed by atoms with Crippen LogP contribution in [0.25, 0.3) is 10.9 Å². The number of benzene rings is 1. The average Bonchev–Trinajstić information content (AvgIpc) is 3.34. The molecular weight excluding hydrogens is 346 g/mol. The van der Waals surface area contributed by atoms with Gasteiger partial charge in [0.1, 0.15) is 12.2 Å². The summed E-state index contributed by atoms with van der Waals surface area (Å²) in [4.78, 5) is 37.7. The van der Waals surface area contributed by atoms with Crippen LogP contribution in [0.15, 0.2) is 42.9 Å². The molecule has 27 heavy (non-hydrogen) atoms. The number of rotatable bonds is 4. The van der Waals surface area contributed by atoms with Crippen LogP contribution >= 0.6 is 0 Å². The van der Waals surface area contributed by atoms with E-state index in [9.17, 15) is 9.59 Å². The van der Waals surface area contributed by atoms with Crippen molar-refractivity contribution in [1.29, 1.82) is 5.26 Å². The van der Waals surface area contributed by atoms with E-state index in [-0.39, 0.29) is 24.2 Å². The third-order valence-corrected chi connectivity index (χ3v) is 4.51. The van der Waals surface area contributed by atoms with Crippen molar-refractivity contribution in [1.82, 2.24) is 19.9 Å². The molecule has 1 aliphatic rings. The number of hydrogen-bond donors (Lipinski definition) is 1. The normalized spacial score (nSPS) is 16.3. The van der Waals surface area contributed by atoms with Crippen LogP contribution in [0, 0.1) is 11.3 Å². The van der Waals surface area contributed by atoms with Crippen molar-refractivity contribution in [3.8, 4) is 11.9 Å². The number of aromatic amines is 1. The average molecular weight is 361 g/mol. The number of fused-ring (bicyclic) bond motifs is 1. The summed E-state index contributed by atoms with van der Waals surface area (Å²) in [6.45, 7) is 0.661. The highest BCUT2D eigenvalue weighted by molar-refractivity contribution is 6.44. The van der Waals surface area contributed by atoms with Gasteiger partial charge in [0.05, 0.1) is 12.1 Å². The molecule has 0 spiro atoms. The first-order valence-corrected chi connectivity index (χ1v) is 8.45. The molecule has 1 aromatic carbocycles. The highest BCUT2D eigenvalue weighted by atomic mass is 16.5. The molecule has 3 aromatic rings. The van der Waals surface area contributed by atoms with E-state index < -0.39 is 11.7 Å². The van der Waals surface area contributed by atoms with Gasteiger partial charge in [-0.15, -0.1) is 0 Å². The molecule has 1 N–H and O–H groups in total. The summed E-state index contributed by atoms with van der Waals surface area (Å²) in [5.41, 5.74) is 1.26. The number of para-hydroxylation sites is 1. The lowest BCUT2D eigenvalue weighted by Crippen LogP contribution is -2.36. The maximum absolute atomic E-state index is 12.7. The first-order valence-electron chi connectivity index (χ1n) is 8.45. The van der Waals surface area contributed by atoms with E-state index >= 15 is 0 Å². The van der Waals surface area contributed by atoms with Crippen LogP contribution in [0.5, 0.6) is 5.88 Å². The number of Topliss-reactive ketones (excluding diaryl/α,β-unsaturated/α-hetero) is 1. The van der Waals surface area contributed by atoms with Crippen LogP contribution in [0.3, 0.4) is 0 Å². The summed E-state index contributed by atoms with van der Waals surface area (Å²) in [5, 5.41) is 9.78. The maximum Gasteiger partial charge on any atom is 0.295 e. The van der Waals surface area contributed by atoms with E-state index in [1.807, 2.05) is 24.3 Å². The summed E-state index contributed by atoms with van der Waals surface area (Å²) in [6, 6.07) is 9.26. The number of H-pyrrole nitrogens is 1. The molecule has 0 radical (unpaired) electrons. The number of aromatic nitrogens is 3. The Morgan fingerprint density at radius 2 is 2.07 bits per heavy atom. The van der Waals surface area contributed by atoms with E-state index in [1.165, 1.54) is 17.3 Å². The Hall–Kier alpha value is -3.73. The smallest absolute Gasteiger partial charge is 0.295 e. The van der Waals surface area contributed by atoms with Crippen molar-refractivity contribution in [2.75, 3.05) is 13.1 Å². The number of nitrogens with zero attached hydrogens (tertiary/aromatic N) is 4. The SMILES string of the molecule is N#Cc1nccnc1OC1CCN(C(=O)C(=O)c2c[nH]c3ccccc23)C1. The lowest BCUT2D eigenvalue weighted by molar-refractivity contribution is -0.125. The molecule has 1 fully saturated rings. The number of amides is 1. The fourth-order valence-electron chi connectivity index (χ4n) is 3.17. The molecule has 1 aliphatic heterocycles. The van der Waals surface area contributed by atoms with E-state index in [4.69, 9.17) is 10.00 Å². The molecule has 1 saturated heterocycles. The van der Waals surface area contributed by atoms with Crippen LogP contribution in [0.2, 0.25) is 0 Å². The summed E-state index contributed by atoms with van der Waals surface area (Å²) >= 11 is 0. The van der Waals surface area contributed by atoms with Gasteiger partial charge < -0.3 is 14.6 Å². The van der Waals surface area contributed by atoms with E-state index in [0.717, 1.165) is 10.9 Å². The molecular formula is C19H15N5O3. The van der Waals surface area contributed by atoms with E-state index in [2.05, 4.69) is 15.0 Å². The Bertz CT molecular complexity index is 1070. The fourth-order valence-corrected chi connectivity index (χ4v) is 3.17. The monoisotopic (exact) mass is 361 g/mol. The van der Waals surface area contributed by atoms with Gasteiger partial charge in [-0.2, -0.15) is 5.26 Å². The summed E-state index contributed by atoms with van der Waals surface area (Å²) in [5.74, 6) is -0.974. The summed E-state index contributed by atoms with van der Waals surface area (Å²) < 4.78 is 5.71. The quantitative estimate of drug-likeness (QED) is 0.559. The van der Waals surface area contributed by atoms with Crippen LogP contribution < -0.4 is 4.74 Å². The zero-order valence-electron chi connectivity index (χ0n) is 14.3. The molecule has 0 saturated carbocycles. The summed E-state index contributed by atoms with van der Waals surface area (Å²) in [7, 11) is 0. The third-order valence-electron chi connectivity index (χ3n) is 4.51. The number of hydrogen-bond acceptors (Lipinski definition) is 6. The number of ketones is 1. The Balaban J connectivity index is 1.46. The molecule has 3 heterocycles. The topological polar surface area (TPSA) is 112 Å². The van der Waals surface area contributed by atoms with Gasteiger partial charge in [0.15, 0.2) is 0 Å². The van der Waals surface area contributed by atoms with Gasteiger partial charge in [0.2, 0.25) is 5.69 Å². The zero-order chi connectivity index (χ0) is 18.8. The molecule has 0 bridgehead atoms. The van der Waals surface area contributed by atoms with Gasteiger partial charge in [-0.3, -0.25) is 9.59 Å². The molecule has 1 unspecified atom stereocenters. The minimum absolute atomic E-state index is 0.0946. The minimum Gasteiger partial charge on any atom is -0.470 e. The summed E-state index contributed by atoms with van der Waals surface area (Å²) in [6.07, 6.45) is 4.63. The molecule has 4 rings (SSSR count). The van der Waals surface area contributed by atoms with Gasteiger partial charge in [0.25, 0.3) is 17.6 Å². The van der Waals surface area contributed by atoms with Gasteiger partial charge in [-0.25, -0.2) is 9.97 Å². The van der Waals surface area contributed by atoms with Crippen LogP contribution in [-0.2, 0) is 4.79 Å². The number of likely N-dealkylation sites (tertiary alicyclic amines) is 1. The minimum atomic E-state index is -0.564. The van der Waals surface area contributed by atoms with Crippen molar-refractivity contribution < 1.29 is 14.3 Å². The second-order valence-corrected chi connectivity index (χ2v) is 6.18. The van der Waals surface area contributed by atoms with Crippen molar-refractivity contribution in [3.05, 3.63) is 54.1 Å². The molecule has 1 amide bonds.